The summed E-state index contributed by atoms with van der Waals surface area (Å²) in [5.74, 6) is -0.300. The summed E-state index contributed by atoms with van der Waals surface area (Å²) in [5, 5.41) is 4.96. The summed E-state index contributed by atoms with van der Waals surface area (Å²) in [6.07, 6.45) is 0. The fourth-order valence-corrected chi connectivity index (χ4v) is 3.10. The average molecular weight is 327 g/mol. The molecule has 0 aliphatic carbocycles. The fraction of sp³-hybridized carbons (Fsp3) is 0.0714. The highest BCUT2D eigenvalue weighted by atomic mass is 35.5. The summed E-state index contributed by atoms with van der Waals surface area (Å²) < 4.78 is 14.0. The molecule has 0 aliphatic rings. The van der Waals surface area contributed by atoms with E-state index in [1.807, 2.05) is 6.92 Å². The smallest absolute Gasteiger partial charge is 0.188 e. The van der Waals surface area contributed by atoms with Gasteiger partial charge in [0.15, 0.2) is 5.13 Å². The van der Waals surface area contributed by atoms with E-state index in [0.29, 0.717) is 26.4 Å². The van der Waals surface area contributed by atoms with Crippen molar-refractivity contribution in [1.82, 2.24) is 4.98 Å². The van der Waals surface area contributed by atoms with E-state index < -0.39 is 0 Å². The van der Waals surface area contributed by atoms with Crippen LogP contribution in [0.3, 0.4) is 0 Å². The molecule has 0 radical (unpaired) electrons. The number of hydrogen-bond acceptors (Lipinski definition) is 3. The van der Waals surface area contributed by atoms with Crippen LogP contribution in [-0.2, 0) is 0 Å². The topological polar surface area (TPSA) is 24.9 Å². The monoisotopic (exact) mass is 326 g/mol. The van der Waals surface area contributed by atoms with Crippen molar-refractivity contribution in [3.8, 4) is 0 Å². The molecule has 20 heavy (non-hydrogen) atoms. The van der Waals surface area contributed by atoms with Gasteiger partial charge >= 0.3 is 0 Å². The molecule has 0 aliphatic heterocycles. The number of hydrogen-bond donors (Lipinski definition) is 1. The largest absolute Gasteiger partial charge is 0.330 e. The molecule has 0 saturated carbocycles. The van der Waals surface area contributed by atoms with Gasteiger partial charge in [0.25, 0.3) is 0 Å². The summed E-state index contributed by atoms with van der Waals surface area (Å²) in [6.45, 7) is 1.89. The predicted octanol–water partition coefficient (Wildman–Crippen LogP) is 5.79. The molecule has 0 spiro atoms. The Balaban J connectivity index is 1.99. The summed E-state index contributed by atoms with van der Waals surface area (Å²) in [7, 11) is 0. The normalized spacial score (nSPS) is 11.0. The number of aromatic nitrogens is 1. The Morgan fingerprint density at radius 2 is 1.95 bits per heavy atom. The molecule has 1 N–H and O–H groups in total. The lowest BCUT2D eigenvalue weighted by Gasteiger charge is -2.07. The Kier molecular flexibility index (Phi) is 3.54. The first-order valence-electron chi connectivity index (χ1n) is 5.82. The Bertz CT molecular complexity index is 801. The molecule has 3 rings (SSSR count). The van der Waals surface area contributed by atoms with Crippen LogP contribution in [0.5, 0.6) is 0 Å². The minimum absolute atomic E-state index is 0.300. The second kappa shape index (κ2) is 5.20. The van der Waals surface area contributed by atoms with Gasteiger partial charge in [-0.25, -0.2) is 9.37 Å². The van der Waals surface area contributed by atoms with Gasteiger partial charge in [-0.3, -0.25) is 0 Å². The molecule has 1 heterocycles. The molecular weight excluding hydrogens is 318 g/mol. The van der Waals surface area contributed by atoms with Crippen molar-refractivity contribution in [2.75, 3.05) is 5.32 Å². The molecule has 0 fully saturated rings. The third-order valence-corrected chi connectivity index (χ3v) is 4.51. The first-order chi connectivity index (χ1) is 9.52. The van der Waals surface area contributed by atoms with E-state index in [0.717, 1.165) is 10.3 Å². The van der Waals surface area contributed by atoms with E-state index in [4.69, 9.17) is 23.2 Å². The van der Waals surface area contributed by atoms with Crippen molar-refractivity contribution < 1.29 is 4.39 Å². The van der Waals surface area contributed by atoms with Gasteiger partial charge in [-0.1, -0.05) is 34.5 Å². The zero-order valence-electron chi connectivity index (χ0n) is 10.4. The maximum absolute atomic E-state index is 13.1. The summed E-state index contributed by atoms with van der Waals surface area (Å²) in [5.41, 5.74) is 2.21. The van der Waals surface area contributed by atoms with Gasteiger partial charge in [0.2, 0.25) is 0 Å². The Hall–Kier alpha value is -1.36. The van der Waals surface area contributed by atoms with Crippen LogP contribution in [0.4, 0.5) is 15.2 Å². The molecule has 6 heteroatoms. The highest BCUT2D eigenvalue weighted by Crippen LogP contribution is 2.34. The Morgan fingerprint density at radius 3 is 2.75 bits per heavy atom. The molecule has 2 nitrogen and oxygen atoms in total. The van der Waals surface area contributed by atoms with Crippen molar-refractivity contribution in [2.45, 2.75) is 6.92 Å². The van der Waals surface area contributed by atoms with Gasteiger partial charge in [0.05, 0.1) is 20.9 Å². The van der Waals surface area contributed by atoms with Gasteiger partial charge in [-0.15, -0.1) is 0 Å². The second-order valence-electron chi connectivity index (χ2n) is 4.34. The number of thiazole rings is 1. The number of rotatable bonds is 2. The van der Waals surface area contributed by atoms with Crippen LogP contribution >= 0.6 is 34.5 Å². The fourth-order valence-electron chi connectivity index (χ4n) is 1.81. The molecular formula is C14H9Cl2FN2S. The van der Waals surface area contributed by atoms with Crippen LogP contribution < -0.4 is 5.32 Å². The second-order valence-corrected chi connectivity index (χ2v) is 6.18. The van der Waals surface area contributed by atoms with Crippen LogP contribution in [0.25, 0.3) is 10.2 Å². The SMILES string of the molecule is Cc1cc(Cl)c(Nc2nc3cc(F)ccc3s2)cc1Cl. The summed E-state index contributed by atoms with van der Waals surface area (Å²) in [4.78, 5) is 4.33. The van der Waals surface area contributed by atoms with E-state index in [2.05, 4.69) is 10.3 Å². The lowest BCUT2D eigenvalue weighted by molar-refractivity contribution is 0.629. The Morgan fingerprint density at radius 1 is 1.15 bits per heavy atom. The molecule has 2 aromatic carbocycles. The highest BCUT2D eigenvalue weighted by Gasteiger charge is 2.09. The van der Waals surface area contributed by atoms with Crippen molar-refractivity contribution in [3.63, 3.8) is 0 Å². The number of nitrogens with zero attached hydrogens (tertiary/aromatic N) is 1. The zero-order valence-corrected chi connectivity index (χ0v) is 12.7. The van der Waals surface area contributed by atoms with E-state index >= 15 is 0 Å². The van der Waals surface area contributed by atoms with Crippen LogP contribution in [0.2, 0.25) is 10.0 Å². The predicted molar refractivity (Wildman–Crippen MR) is 84.1 cm³/mol. The number of aryl methyl sites for hydroxylation is 1. The van der Waals surface area contributed by atoms with Crippen LogP contribution in [-0.4, -0.2) is 4.98 Å². The maximum Gasteiger partial charge on any atom is 0.188 e. The van der Waals surface area contributed by atoms with Gasteiger partial charge < -0.3 is 5.32 Å². The summed E-state index contributed by atoms with van der Waals surface area (Å²) in [6, 6.07) is 8.07. The van der Waals surface area contributed by atoms with Crippen LogP contribution in [0, 0.1) is 12.7 Å². The number of benzene rings is 2. The van der Waals surface area contributed by atoms with Crippen molar-refractivity contribution in [3.05, 3.63) is 51.8 Å². The van der Waals surface area contributed by atoms with Gasteiger partial charge in [-0.2, -0.15) is 0 Å². The van der Waals surface area contributed by atoms with Crippen LogP contribution in [0.1, 0.15) is 5.56 Å². The third-order valence-electron chi connectivity index (χ3n) is 2.84. The van der Waals surface area contributed by atoms with E-state index in [-0.39, 0.29) is 5.82 Å². The molecule has 0 unspecified atom stereocenters. The molecule has 0 saturated heterocycles. The minimum Gasteiger partial charge on any atom is -0.330 e. The summed E-state index contributed by atoms with van der Waals surface area (Å²) >= 11 is 13.7. The third kappa shape index (κ3) is 2.59. The van der Waals surface area contributed by atoms with Gasteiger partial charge in [-0.05, 0) is 36.8 Å². The average Bonchev–Trinajstić information content (AvgIpc) is 2.77. The lowest BCUT2D eigenvalue weighted by atomic mass is 10.2. The lowest BCUT2D eigenvalue weighted by Crippen LogP contribution is -1.91. The quantitative estimate of drug-likeness (QED) is 0.644. The standard InChI is InChI=1S/C14H9Cl2FN2S/c1-7-4-10(16)11(6-9(7)15)18-14-19-12-5-8(17)2-3-13(12)20-14/h2-6H,1H3,(H,18,19). The number of fused-ring (bicyclic) bond motifs is 1. The Labute approximate surface area is 129 Å². The minimum atomic E-state index is -0.300. The number of anilines is 2. The van der Waals surface area contributed by atoms with Gasteiger partial charge in [0.1, 0.15) is 5.82 Å². The first-order valence-corrected chi connectivity index (χ1v) is 7.39. The molecule has 0 bridgehead atoms. The molecule has 0 amide bonds. The van der Waals surface area contributed by atoms with Crippen molar-refractivity contribution in [1.29, 1.82) is 0 Å². The van der Waals surface area contributed by atoms with E-state index in [1.165, 1.54) is 23.5 Å². The van der Waals surface area contributed by atoms with E-state index in [9.17, 15) is 4.39 Å². The molecule has 1 aromatic heterocycles. The van der Waals surface area contributed by atoms with Crippen molar-refractivity contribution >= 4 is 55.6 Å². The van der Waals surface area contributed by atoms with E-state index in [1.54, 1.807) is 18.2 Å². The number of nitrogens with one attached hydrogen (secondary N) is 1. The first kappa shape index (κ1) is 13.6. The van der Waals surface area contributed by atoms with Crippen LogP contribution in [0.15, 0.2) is 30.3 Å². The van der Waals surface area contributed by atoms with Gasteiger partial charge in [0, 0.05) is 11.1 Å². The molecule has 102 valence electrons. The molecule has 0 atom stereocenters. The highest BCUT2D eigenvalue weighted by molar-refractivity contribution is 7.22. The molecule has 3 aromatic rings. The van der Waals surface area contributed by atoms with Crippen molar-refractivity contribution in [2.24, 2.45) is 0 Å². The zero-order chi connectivity index (χ0) is 14.3. The number of halogens is 3. The maximum atomic E-state index is 13.1.